The number of nitrogen functional groups attached to an aromatic ring is 1. The van der Waals surface area contributed by atoms with E-state index in [1.54, 1.807) is 4.68 Å². The van der Waals surface area contributed by atoms with Gasteiger partial charge < -0.3 is 5.73 Å². The van der Waals surface area contributed by atoms with Gasteiger partial charge in [0.25, 0.3) is 0 Å². The number of nitrogens with zero attached hydrogens (tertiary/aromatic N) is 4. The summed E-state index contributed by atoms with van der Waals surface area (Å²) in [6.45, 7) is 4.92. The Hall–Kier alpha value is -1.88. The Morgan fingerprint density at radius 1 is 1.32 bits per heavy atom. The Labute approximate surface area is 114 Å². The third kappa shape index (κ3) is 4.06. The molecule has 1 heterocycles. The maximum Gasteiger partial charge on any atom is 0.0967 e. The van der Waals surface area contributed by atoms with Crippen LogP contribution in [-0.4, -0.2) is 26.4 Å². The first-order valence-electron chi connectivity index (χ1n) is 6.59. The number of hydrogen-bond acceptors (Lipinski definition) is 4. The van der Waals surface area contributed by atoms with Gasteiger partial charge in [0.05, 0.1) is 5.69 Å². The zero-order valence-corrected chi connectivity index (χ0v) is 11.6. The Kier molecular flexibility index (Phi) is 4.52. The summed E-state index contributed by atoms with van der Waals surface area (Å²) in [6.07, 6.45) is 3.07. The standard InChI is InChI=1S/C14H21N5/c1-3-7-19(11-14-10-18(2)17-16-14)9-12-5-4-6-13(15)8-12/h4-6,8,10H,3,7,9,11,15H2,1-2H3. The van der Waals surface area contributed by atoms with Gasteiger partial charge in [0.2, 0.25) is 0 Å². The molecule has 0 aliphatic rings. The van der Waals surface area contributed by atoms with Crippen molar-refractivity contribution in [3.05, 3.63) is 41.7 Å². The lowest BCUT2D eigenvalue weighted by Crippen LogP contribution is -2.23. The molecular weight excluding hydrogens is 238 g/mol. The molecule has 2 rings (SSSR count). The SMILES string of the molecule is CCCN(Cc1cccc(N)c1)Cc1cn(C)nn1. The molecule has 0 atom stereocenters. The van der Waals surface area contributed by atoms with Crippen LogP contribution in [0, 0.1) is 0 Å². The van der Waals surface area contributed by atoms with E-state index in [2.05, 4.69) is 28.2 Å². The van der Waals surface area contributed by atoms with Crippen molar-refractivity contribution in [1.82, 2.24) is 19.9 Å². The first-order chi connectivity index (χ1) is 9.17. The first-order valence-corrected chi connectivity index (χ1v) is 6.59. The van der Waals surface area contributed by atoms with Gasteiger partial charge in [-0.15, -0.1) is 5.10 Å². The summed E-state index contributed by atoms with van der Waals surface area (Å²) >= 11 is 0. The quantitative estimate of drug-likeness (QED) is 0.804. The van der Waals surface area contributed by atoms with Crippen LogP contribution in [0.15, 0.2) is 30.5 Å². The highest BCUT2D eigenvalue weighted by Gasteiger charge is 2.08. The fraction of sp³-hybridized carbons (Fsp3) is 0.429. The van der Waals surface area contributed by atoms with Crippen molar-refractivity contribution in [2.24, 2.45) is 7.05 Å². The molecule has 0 amide bonds. The molecule has 0 aliphatic carbocycles. The van der Waals surface area contributed by atoms with Crippen LogP contribution in [0.3, 0.4) is 0 Å². The normalized spacial score (nSPS) is 11.1. The zero-order valence-electron chi connectivity index (χ0n) is 11.6. The molecular formula is C14H21N5. The molecule has 0 radical (unpaired) electrons. The van der Waals surface area contributed by atoms with Crippen LogP contribution in [0.5, 0.6) is 0 Å². The maximum atomic E-state index is 5.82. The minimum absolute atomic E-state index is 0.813. The van der Waals surface area contributed by atoms with E-state index in [-0.39, 0.29) is 0 Å². The second-order valence-corrected chi connectivity index (χ2v) is 4.84. The Balaban J connectivity index is 2.03. The van der Waals surface area contributed by atoms with Crippen molar-refractivity contribution in [2.45, 2.75) is 26.4 Å². The zero-order chi connectivity index (χ0) is 13.7. The van der Waals surface area contributed by atoms with Crippen molar-refractivity contribution < 1.29 is 0 Å². The molecule has 0 spiro atoms. The van der Waals surface area contributed by atoms with E-state index < -0.39 is 0 Å². The molecule has 1 aromatic carbocycles. The van der Waals surface area contributed by atoms with E-state index in [1.807, 2.05) is 31.4 Å². The molecule has 2 N–H and O–H groups in total. The topological polar surface area (TPSA) is 60.0 Å². The molecule has 0 fully saturated rings. The predicted molar refractivity (Wildman–Crippen MR) is 76.3 cm³/mol. The second-order valence-electron chi connectivity index (χ2n) is 4.84. The van der Waals surface area contributed by atoms with Gasteiger partial charge in [0, 0.05) is 32.0 Å². The van der Waals surface area contributed by atoms with E-state index in [0.29, 0.717) is 0 Å². The summed E-state index contributed by atoms with van der Waals surface area (Å²) in [5.41, 5.74) is 8.87. The van der Waals surface area contributed by atoms with Crippen LogP contribution in [0.2, 0.25) is 0 Å². The summed E-state index contributed by atoms with van der Waals surface area (Å²) in [5, 5.41) is 8.11. The van der Waals surface area contributed by atoms with E-state index in [9.17, 15) is 0 Å². The van der Waals surface area contributed by atoms with Crippen LogP contribution in [0.1, 0.15) is 24.6 Å². The van der Waals surface area contributed by atoms with Crippen LogP contribution in [0.4, 0.5) is 5.69 Å². The first kappa shape index (κ1) is 13.5. The smallest absolute Gasteiger partial charge is 0.0967 e. The molecule has 0 saturated carbocycles. The molecule has 0 aliphatic heterocycles. The van der Waals surface area contributed by atoms with Crippen LogP contribution < -0.4 is 5.73 Å². The van der Waals surface area contributed by atoms with Gasteiger partial charge in [-0.2, -0.15) is 0 Å². The van der Waals surface area contributed by atoms with Crippen molar-refractivity contribution in [3.8, 4) is 0 Å². The highest BCUT2D eigenvalue weighted by molar-refractivity contribution is 5.40. The van der Waals surface area contributed by atoms with E-state index in [1.165, 1.54) is 5.56 Å². The number of anilines is 1. The molecule has 0 saturated heterocycles. The lowest BCUT2D eigenvalue weighted by Gasteiger charge is -2.20. The van der Waals surface area contributed by atoms with Crippen LogP contribution >= 0.6 is 0 Å². The fourth-order valence-corrected chi connectivity index (χ4v) is 2.18. The van der Waals surface area contributed by atoms with Gasteiger partial charge in [0.1, 0.15) is 0 Å². The third-order valence-electron chi connectivity index (χ3n) is 2.93. The summed E-state index contributed by atoms with van der Waals surface area (Å²) in [4.78, 5) is 2.36. The van der Waals surface area contributed by atoms with Gasteiger partial charge in [-0.3, -0.25) is 9.58 Å². The van der Waals surface area contributed by atoms with E-state index in [0.717, 1.165) is 37.4 Å². The molecule has 0 bridgehead atoms. The van der Waals surface area contributed by atoms with Crippen molar-refractivity contribution in [3.63, 3.8) is 0 Å². The minimum atomic E-state index is 0.813. The monoisotopic (exact) mass is 259 g/mol. The summed E-state index contributed by atoms with van der Waals surface area (Å²) in [6, 6.07) is 8.04. The van der Waals surface area contributed by atoms with Gasteiger partial charge in [0.15, 0.2) is 0 Å². The average molecular weight is 259 g/mol. The Morgan fingerprint density at radius 3 is 2.79 bits per heavy atom. The molecule has 19 heavy (non-hydrogen) atoms. The molecule has 102 valence electrons. The summed E-state index contributed by atoms with van der Waals surface area (Å²) < 4.78 is 1.74. The van der Waals surface area contributed by atoms with Gasteiger partial charge >= 0.3 is 0 Å². The molecule has 5 heteroatoms. The van der Waals surface area contributed by atoms with Gasteiger partial charge in [-0.05, 0) is 30.7 Å². The average Bonchev–Trinajstić information content (AvgIpc) is 2.75. The third-order valence-corrected chi connectivity index (χ3v) is 2.93. The van der Waals surface area contributed by atoms with Crippen LogP contribution in [-0.2, 0) is 20.1 Å². The number of rotatable bonds is 6. The minimum Gasteiger partial charge on any atom is -0.399 e. The highest BCUT2D eigenvalue weighted by Crippen LogP contribution is 2.12. The Bertz CT molecular complexity index is 520. The Morgan fingerprint density at radius 2 is 2.16 bits per heavy atom. The number of aryl methyl sites for hydroxylation is 1. The van der Waals surface area contributed by atoms with Gasteiger partial charge in [-0.1, -0.05) is 24.3 Å². The molecule has 2 aromatic rings. The van der Waals surface area contributed by atoms with Crippen molar-refractivity contribution in [2.75, 3.05) is 12.3 Å². The second kappa shape index (κ2) is 6.33. The largest absolute Gasteiger partial charge is 0.399 e. The van der Waals surface area contributed by atoms with Gasteiger partial charge in [-0.25, -0.2) is 0 Å². The number of aromatic nitrogens is 3. The predicted octanol–water partition coefficient (Wildman–Crippen LogP) is 1.81. The number of benzene rings is 1. The lowest BCUT2D eigenvalue weighted by molar-refractivity contribution is 0.254. The fourth-order valence-electron chi connectivity index (χ4n) is 2.18. The van der Waals surface area contributed by atoms with E-state index >= 15 is 0 Å². The summed E-state index contributed by atoms with van der Waals surface area (Å²) in [5.74, 6) is 0. The van der Waals surface area contributed by atoms with Crippen molar-refractivity contribution in [1.29, 1.82) is 0 Å². The lowest BCUT2D eigenvalue weighted by atomic mass is 10.2. The summed E-state index contributed by atoms with van der Waals surface area (Å²) in [7, 11) is 1.89. The number of hydrogen-bond donors (Lipinski definition) is 1. The number of nitrogens with two attached hydrogens (primary N) is 1. The molecule has 5 nitrogen and oxygen atoms in total. The molecule has 0 unspecified atom stereocenters. The van der Waals surface area contributed by atoms with E-state index in [4.69, 9.17) is 5.73 Å². The van der Waals surface area contributed by atoms with Crippen molar-refractivity contribution >= 4 is 5.69 Å². The maximum absolute atomic E-state index is 5.82. The molecule has 1 aromatic heterocycles. The van der Waals surface area contributed by atoms with Crippen LogP contribution in [0.25, 0.3) is 0 Å². The highest BCUT2D eigenvalue weighted by atomic mass is 15.4.